The molecule has 1 saturated carbocycles. The van der Waals surface area contributed by atoms with Gasteiger partial charge in [0.2, 0.25) is 0 Å². The molecule has 1 rings (SSSR count). The Hall–Kier alpha value is -0.110. The minimum absolute atomic E-state index is 0.0289. The first kappa shape index (κ1) is 7.99. The van der Waals surface area contributed by atoms with Crippen molar-refractivity contribution in [2.75, 3.05) is 6.61 Å². The van der Waals surface area contributed by atoms with Gasteiger partial charge >= 0.3 is 0 Å². The first-order chi connectivity index (χ1) is 4.84. The van der Waals surface area contributed by atoms with E-state index in [1.807, 2.05) is 0 Å². The van der Waals surface area contributed by atoms with Crippen LogP contribution in [-0.2, 0) is 0 Å². The van der Waals surface area contributed by atoms with Crippen molar-refractivity contribution in [3.05, 3.63) is 0 Å². The van der Waals surface area contributed by atoms with Gasteiger partial charge in [-0.15, -0.1) is 0 Å². The highest BCUT2D eigenvalue weighted by atomic mass is 19.1. The molecule has 1 nitrogen and oxygen atoms in total. The van der Waals surface area contributed by atoms with Crippen molar-refractivity contribution < 1.29 is 9.50 Å². The van der Waals surface area contributed by atoms with Crippen LogP contribution in [0.3, 0.4) is 0 Å². The van der Waals surface area contributed by atoms with Crippen molar-refractivity contribution in [2.24, 2.45) is 5.92 Å². The molecule has 0 bridgehead atoms. The van der Waals surface area contributed by atoms with Crippen LogP contribution >= 0.6 is 0 Å². The van der Waals surface area contributed by atoms with Gasteiger partial charge in [-0.1, -0.05) is 19.3 Å². The maximum absolute atomic E-state index is 12.9. The summed E-state index contributed by atoms with van der Waals surface area (Å²) >= 11 is 0. The fourth-order valence-electron chi connectivity index (χ4n) is 1.54. The van der Waals surface area contributed by atoms with E-state index in [1.54, 1.807) is 0 Å². The molecule has 0 heterocycles. The molecule has 1 aliphatic carbocycles. The molecule has 0 aromatic heterocycles. The predicted molar refractivity (Wildman–Crippen MR) is 38.6 cm³/mol. The van der Waals surface area contributed by atoms with Gasteiger partial charge in [0.15, 0.2) is 0 Å². The van der Waals surface area contributed by atoms with Gasteiger partial charge < -0.3 is 5.11 Å². The molecule has 1 fully saturated rings. The maximum Gasteiger partial charge on any atom is 0.105 e. The molecular weight excluding hydrogens is 131 g/mol. The van der Waals surface area contributed by atoms with Crippen molar-refractivity contribution in [1.82, 2.24) is 0 Å². The van der Waals surface area contributed by atoms with Gasteiger partial charge in [0.25, 0.3) is 0 Å². The molecule has 2 atom stereocenters. The fourth-order valence-corrected chi connectivity index (χ4v) is 1.54. The lowest BCUT2D eigenvalue weighted by Gasteiger charge is -2.14. The summed E-state index contributed by atoms with van der Waals surface area (Å²) < 4.78 is 12.9. The lowest BCUT2D eigenvalue weighted by atomic mass is 10.00. The molecule has 0 spiro atoms. The highest BCUT2D eigenvalue weighted by Crippen LogP contribution is 2.25. The highest BCUT2D eigenvalue weighted by Gasteiger charge is 2.21. The molecule has 0 aliphatic heterocycles. The van der Waals surface area contributed by atoms with Crippen LogP contribution < -0.4 is 0 Å². The van der Waals surface area contributed by atoms with E-state index in [0.29, 0.717) is 6.42 Å². The molecule has 0 radical (unpaired) electrons. The third-order valence-electron chi connectivity index (χ3n) is 2.30. The average molecular weight is 146 g/mol. The zero-order valence-corrected chi connectivity index (χ0v) is 6.22. The molecule has 0 saturated heterocycles. The van der Waals surface area contributed by atoms with E-state index in [9.17, 15) is 4.39 Å². The van der Waals surface area contributed by atoms with Crippen LogP contribution in [0.15, 0.2) is 0 Å². The van der Waals surface area contributed by atoms with E-state index in [-0.39, 0.29) is 12.5 Å². The van der Waals surface area contributed by atoms with Crippen molar-refractivity contribution in [3.63, 3.8) is 0 Å². The topological polar surface area (TPSA) is 20.2 Å². The van der Waals surface area contributed by atoms with Crippen molar-refractivity contribution in [2.45, 2.75) is 38.3 Å². The Bertz CT molecular complexity index is 95.3. The Morgan fingerprint density at radius 3 is 2.60 bits per heavy atom. The molecule has 0 amide bonds. The standard InChI is InChI=1S/C8H15FO/c9-8-5-3-1-2-4-7(8)6-10/h7-8,10H,1-6H2/t7-,8-/m1/s1. The van der Waals surface area contributed by atoms with E-state index in [4.69, 9.17) is 5.11 Å². The molecule has 2 heteroatoms. The van der Waals surface area contributed by atoms with Crippen LogP contribution in [-0.4, -0.2) is 17.9 Å². The van der Waals surface area contributed by atoms with Gasteiger partial charge in [0.1, 0.15) is 6.17 Å². The van der Waals surface area contributed by atoms with Crippen LogP contribution in [0.25, 0.3) is 0 Å². The first-order valence-corrected chi connectivity index (χ1v) is 4.09. The largest absolute Gasteiger partial charge is 0.396 e. The second-order valence-electron chi connectivity index (χ2n) is 3.10. The minimum Gasteiger partial charge on any atom is -0.396 e. The highest BCUT2D eigenvalue weighted by molar-refractivity contribution is 4.72. The molecular formula is C8H15FO. The summed E-state index contributed by atoms with van der Waals surface area (Å²) in [5.41, 5.74) is 0. The summed E-state index contributed by atoms with van der Waals surface area (Å²) in [7, 11) is 0. The lowest BCUT2D eigenvalue weighted by Crippen LogP contribution is -2.17. The fraction of sp³-hybridized carbons (Fsp3) is 1.00. The zero-order chi connectivity index (χ0) is 7.40. The minimum atomic E-state index is -0.743. The Labute approximate surface area is 61.2 Å². The van der Waals surface area contributed by atoms with Crippen molar-refractivity contribution in [1.29, 1.82) is 0 Å². The monoisotopic (exact) mass is 146 g/mol. The molecule has 1 aliphatic rings. The number of hydrogen-bond donors (Lipinski definition) is 1. The van der Waals surface area contributed by atoms with E-state index in [1.165, 1.54) is 0 Å². The van der Waals surface area contributed by atoms with E-state index in [2.05, 4.69) is 0 Å². The first-order valence-electron chi connectivity index (χ1n) is 4.09. The van der Waals surface area contributed by atoms with Crippen molar-refractivity contribution in [3.8, 4) is 0 Å². The Kier molecular flexibility index (Phi) is 3.13. The smallest absolute Gasteiger partial charge is 0.105 e. The second kappa shape index (κ2) is 3.91. The summed E-state index contributed by atoms with van der Waals surface area (Å²) in [6.07, 6.45) is 4.01. The number of aliphatic hydroxyl groups is 1. The molecule has 1 N–H and O–H groups in total. The maximum atomic E-state index is 12.9. The number of alkyl halides is 1. The predicted octanol–water partition coefficient (Wildman–Crippen LogP) is 1.90. The van der Waals surface area contributed by atoms with Gasteiger partial charge in [-0.2, -0.15) is 0 Å². The quantitative estimate of drug-likeness (QED) is 0.560. The van der Waals surface area contributed by atoms with Crippen LogP contribution in [0.1, 0.15) is 32.1 Å². The third-order valence-corrected chi connectivity index (χ3v) is 2.30. The summed E-state index contributed by atoms with van der Waals surface area (Å²) in [6, 6.07) is 0. The summed E-state index contributed by atoms with van der Waals surface area (Å²) in [6.45, 7) is 0.0289. The third kappa shape index (κ3) is 1.94. The summed E-state index contributed by atoms with van der Waals surface area (Å²) in [4.78, 5) is 0. The second-order valence-corrected chi connectivity index (χ2v) is 3.10. The van der Waals surface area contributed by atoms with Crippen LogP contribution in [0.5, 0.6) is 0 Å². The van der Waals surface area contributed by atoms with Gasteiger partial charge in [-0.25, -0.2) is 4.39 Å². The zero-order valence-electron chi connectivity index (χ0n) is 6.22. The molecule has 60 valence electrons. The van der Waals surface area contributed by atoms with Gasteiger partial charge in [-0.05, 0) is 12.8 Å². The van der Waals surface area contributed by atoms with Crippen LogP contribution in [0.4, 0.5) is 4.39 Å². The Morgan fingerprint density at radius 2 is 1.90 bits per heavy atom. The number of halogens is 1. The number of rotatable bonds is 1. The van der Waals surface area contributed by atoms with Gasteiger partial charge in [0.05, 0.1) is 0 Å². The summed E-state index contributed by atoms with van der Waals surface area (Å²) in [5.74, 6) is -0.0671. The molecule has 0 aromatic carbocycles. The molecule has 0 unspecified atom stereocenters. The van der Waals surface area contributed by atoms with E-state index < -0.39 is 6.17 Å². The normalized spacial score (nSPS) is 35.4. The SMILES string of the molecule is OC[C@H]1CCCCC[C@H]1F. The number of hydrogen-bond acceptors (Lipinski definition) is 1. The van der Waals surface area contributed by atoms with E-state index >= 15 is 0 Å². The van der Waals surface area contributed by atoms with Crippen LogP contribution in [0.2, 0.25) is 0 Å². The Balaban J connectivity index is 2.35. The molecule has 0 aromatic rings. The van der Waals surface area contributed by atoms with Gasteiger partial charge in [0, 0.05) is 12.5 Å². The van der Waals surface area contributed by atoms with Gasteiger partial charge in [-0.3, -0.25) is 0 Å². The lowest BCUT2D eigenvalue weighted by molar-refractivity contribution is 0.132. The Morgan fingerprint density at radius 1 is 1.20 bits per heavy atom. The summed E-state index contributed by atoms with van der Waals surface area (Å²) in [5, 5.41) is 8.75. The number of aliphatic hydroxyl groups excluding tert-OH is 1. The molecule has 10 heavy (non-hydrogen) atoms. The van der Waals surface area contributed by atoms with Crippen molar-refractivity contribution >= 4 is 0 Å². The van der Waals surface area contributed by atoms with E-state index in [0.717, 1.165) is 25.7 Å². The van der Waals surface area contributed by atoms with Crippen LogP contribution in [0, 0.1) is 5.92 Å². The average Bonchev–Trinajstić information content (AvgIpc) is 2.13.